The number of hydrogen-bond acceptors (Lipinski definition) is 4. The van der Waals surface area contributed by atoms with E-state index in [1.807, 2.05) is 0 Å². The predicted octanol–water partition coefficient (Wildman–Crippen LogP) is 4.30. The molecule has 1 aromatic heterocycles. The number of amides is 1. The van der Waals surface area contributed by atoms with Gasteiger partial charge in [0.1, 0.15) is 5.75 Å². The molecule has 0 radical (unpaired) electrons. The van der Waals surface area contributed by atoms with Crippen LogP contribution in [0.25, 0.3) is 16.5 Å². The Balaban J connectivity index is 1.84. The average molecular weight is 406 g/mol. The Morgan fingerprint density at radius 2 is 1.62 bits per heavy atom. The third-order valence-corrected chi connectivity index (χ3v) is 4.69. The third kappa shape index (κ3) is 3.70. The van der Waals surface area contributed by atoms with E-state index in [1.54, 1.807) is 79.9 Å². The fourth-order valence-corrected chi connectivity index (χ4v) is 3.11. The highest BCUT2D eigenvalue weighted by Gasteiger charge is 2.17. The summed E-state index contributed by atoms with van der Waals surface area (Å²) < 4.78 is 6.38. The van der Waals surface area contributed by atoms with Crippen LogP contribution in [0.3, 0.4) is 0 Å². The number of nitrogens with one attached hydrogen (secondary N) is 1. The summed E-state index contributed by atoms with van der Waals surface area (Å²) in [5, 5.41) is 8.62. The molecule has 0 bridgehead atoms. The monoisotopic (exact) mass is 405 g/mol. The molecule has 1 N–H and O–H groups in total. The summed E-state index contributed by atoms with van der Waals surface area (Å²) in [6.45, 7) is 0. The minimum Gasteiger partial charge on any atom is -0.497 e. The number of carbonyl (C=O) groups excluding carboxylic acids is 1. The molecule has 0 saturated heterocycles. The normalized spacial score (nSPS) is 10.7. The molecule has 0 aliphatic carbocycles. The Labute approximate surface area is 171 Å². The fourth-order valence-electron chi connectivity index (χ4n) is 2.98. The first-order chi connectivity index (χ1) is 14.1. The molecule has 144 valence electrons. The third-order valence-electron chi connectivity index (χ3n) is 4.44. The molecule has 0 aliphatic rings. The SMILES string of the molecule is COc1ccc(-n2nc(C(=O)Nc3ccc(Cl)cc3)c3ccccc3c2=O)cc1. The van der Waals surface area contributed by atoms with Crippen LogP contribution in [0.2, 0.25) is 5.02 Å². The lowest BCUT2D eigenvalue weighted by atomic mass is 10.1. The number of hydrogen-bond donors (Lipinski definition) is 1. The van der Waals surface area contributed by atoms with Crippen LogP contribution >= 0.6 is 11.6 Å². The molecule has 3 aromatic carbocycles. The number of anilines is 1. The maximum absolute atomic E-state index is 13.0. The molecule has 1 amide bonds. The largest absolute Gasteiger partial charge is 0.497 e. The Kier molecular flexibility index (Phi) is 5.01. The highest BCUT2D eigenvalue weighted by molar-refractivity contribution is 6.30. The molecule has 0 aliphatic heterocycles. The number of carbonyl (C=O) groups is 1. The summed E-state index contributed by atoms with van der Waals surface area (Å²) in [6.07, 6.45) is 0. The smallest absolute Gasteiger partial charge is 0.279 e. The molecule has 0 fully saturated rings. The molecule has 4 aromatic rings. The van der Waals surface area contributed by atoms with Crippen LogP contribution in [0.5, 0.6) is 5.75 Å². The molecule has 1 heterocycles. The van der Waals surface area contributed by atoms with Crippen molar-refractivity contribution < 1.29 is 9.53 Å². The van der Waals surface area contributed by atoms with Gasteiger partial charge in [0.25, 0.3) is 11.5 Å². The lowest BCUT2D eigenvalue weighted by Crippen LogP contribution is -2.26. The van der Waals surface area contributed by atoms with Gasteiger partial charge in [-0.1, -0.05) is 29.8 Å². The number of aromatic nitrogens is 2. The van der Waals surface area contributed by atoms with Crippen molar-refractivity contribution in [3.8, 4) is 11.4 Å². The minimum atomic E-state index is -0.425. The zero-order chi connectivity index (χ0) is 20.4. The predicted molar refractivity (Wildman–Crippen MR) is 113 cm³/mol. The van der Waals surface area contributed by atoms with E-state index in [4.69, 9.17) is 16.3 Å². The second kappa shape index (κ2) is 7.77. The molecule has 0 saturated carbocycles. The van der Waals surface area contributed by atoms with Crippen molar-refractivity contribution in [2.45, 2.75) is 0 Å². The average Bonchev–Trinajstić information content (AvgIpc) is 2.76. The molecule has 0 unspecified atom stereocenters. The molecular weight excluding hydrogens is 390 g/mol. The van der Waals surface area contributed by atoms with Gasteiger partial charge in [0, 0.05) is 16.1 Å². The number of nitrogens with zero attached hydrogens (tertiary/aromatic N) is 2. The Hall–Kier alpha value is -3.64. The minimum absolute atomic E-state index is 0.144. The van der Waals surface area contributed by atoms with E-state index in [9.17, 15) is 9.59 Å². The van der Waals surface area contributed by atoms with Crippen LogP contribution in [0, 0.1) is 0 Å². The van der Waals surface area contributed by atoms with Crippen LogP contribution in [0.4, 0.5) is 5.69 Å². The van der Waals surface area contributed by atoms with E-state index >= 15 is 0 Å². The lowest BCUT2D eigenvalue weighted by molar-refractivity contribution is 0.102. The zero-order valence-electron chi connectivity index (χ0n) is 15.4. The van der Waals surface area contributed by atoms with Crippen molar-refractivity contribution in [3.05, 3.63) is 93.9 Å². The molecular formula is C22H16ClN3O3. The van der Waals surface area contributed by atoms with Gasteiger partial charge in [-0.2, -0.15) is 9.78 Å². The van der Waals surface area contributed by atoms with Crippen molar-refractivity contribution in [1.82, 2.24) is 9.78 Å². The molecule has 7 heteroatoms. The quantitative estimate of drug-likeness (QED) is 0.549. The molecule has 29 heavy (non-hydrogen) atoms. The van der Waals surface area contributed by atoms with Crippen molar-refractivity contribution in [1.29, 1.82) is 0 Å². The maximum Gasteiger partial charge on any atom is 0.279 e. The number of benzene rings is 3. The van der Waals surface area contributed by atoms with Crippen molar-refractivity contribution in [3.63, 3.8) is 0 Å². The van der Waals surface area contributed by atoms with Gasteiger partial charge in [-0.15, -0.1) is 0 Å². The van der Waals surface area contributed by atoms with Gasteiger partial charge in [0.05, 0.1) is 18.2 Å². The van der Waals surface area contributed by atoms with Crippen molar-refractivity contribution in [2.24, 2.45) is 0 Å². The van der Waals surface area contributed by atoms with Gasteiger partial charge in [-0.25, -0.2) is 0 Å². The first-order valence-electron chi connectivity index (χ1n) is 8.80. The second-order valence-corrected chi connectivity index (χ2v) is 6.71. The lowest BCUT2D eigenvalue weighted by Gasteiger charge is -2.12. The van der Waals surface area contributed by atoms with Gasteiger partial charge in [0.2, 0.25) is 0 Å². The van der Waals surface area contributed by atoms with Crippen LogP contribution in [0.15, 0.2) is 77.6 Å². The van der Waals surface area contributed by atoms with Crippen molar-refractivity contribution in [2.75, 3.05) is 12.4 Å². The van der Waals surface area contributed by atoms with Crippen LogP contribution in [-0.4, -0.2) is 22.8 Å². The first kappa shape index (κ1) is 18.7. The number of fused-ring (bicyclic) bond motifs is 1. The molecule has 6 nitrogen and oxygen atoms in total. The summed E-state index contributed by atoms with van der Waals surface area (Å²) in [4.78, 5) is 25.9. The maximum atomic E-state index is 13.0. The first-order valence-corrected chi connectivity index (χ1v) is 9.18. The van der Waals surface area contributed by atoms with Gasteiger partial charge < -0.3 is 10.1 Å². The van der Waals surface area contributed by atoms with Gasteiger partial charge in [-0.3, -0.25) is 9.59 Å². The molecule has 4 rings (SSSR count). The summed E-state index contributed by atoms with van der Waals surface area (Å²) >= 11 is 5.90. The highest BCUT2D eigenvalue weighted by atomic mass is 35.5. The molecule has 0 atom stereocenters. The van der Waals surface area contributed by atoms with Crippen LogP contribution in [-0.2, 0) is 0 Å². The highest BCUT2D eigenvalue weighted by Crippen LogP contribution is 2.19. The Morgan fingerprint density at radius 3 is 2.28 bits per heavy atom. The van der Waals surface area contributed by atoms with E-state index in [2.05, 4.69) is 10.4 Å². The van der Waals surface area contributed by atoms with Gasteiger partial charge >= 0.3 is 0 Å². The summed E-state index contributed by atoms with van der Waals surface area (Å²) in [5.74, 6) is 0.231. The van der Waals surface area contributed by atoms with Gasteiger partial charge in [-0.05, 0) is 54.6 Å². The van der Waals surface area contributed by atoms with E-state index in [-0.39, 0.29) is 11.3 Å². The van der Waals surface area contributed by atoms with E-state index < -0.39 is 5.91 Å². The second-order valence-electron chi connectivity index (χ2n) is 6.27. The standard InChI is InChI=1S/C22H16ClN3O3/c1-29-17-12-10-16(11-13-17)26-22(28)19-5-3-2-4-18(19)20(25-26)21(27)24-15-8-6-14(23)7-9-15/h2-13H,1H3,(H,24,27). The Morgan fingerprint density at radius 1 is 0.966 bits per heavy atom. The van der Waals surface area contributed by atoms with Crippen LogP contribution < -0.4 is 15.6 Å². The topological polar surface area (TPSA) is 73.2 Å². The summed E-state index contributed by atoms with van der Waals surface area (Å²) in [7, 11) is 1.56. The summed E-state index contributed by atoms with van der Waals surface area (Å²) in [6, 6.07) is 20.5. The van der Waals surface area contributed by atoms with Crippen LogP contribution in [0.1, 0.15) is 10.5 Å². The number of rotatable bonds is 4. The van der Waals surface area contributed by atoms with Gasteiger partial charge in [0.15, 0.2) is 5.69 Å². The Bertz CT molecular complexity index is 1250. The van der Waals surface area contributed by atoms with E-state index in [1.165, 1.54) is 4.68 Å². The van der Waals surface area contributed by atoms with E-state index in [0.717, 1.165) is 0 Å². The number of ether oxygens (including phenoxy) is 1. The zero-order valence-corrected chi connectivity index (χ0v) is 16.2. The van der Waals surface area contributed by atoms with Crippen molar-refractivity contribution >= 4 is 34.0 Å². The number of methoxy groups -OCH3 is 1. The fraction of sp³-hybridized carbons (Fsp3) is 0.0455. The van der Waals surface area contributed by atoms with E-state index in [0.29, 0.717) is 32.9 Å². The molecule has 0 spiro atoms. The number of halogens is 1. The summed E-state index contributed by atoms with van der Waals surface area (Å²) in [5.41, 5.74) is 0.939.